The third kappa shape index (κ3) is 2.02. The predicted molar refractivity (Wildman–Crippen MR) is 69.6 cm³/mol. The van der Waals surface area contributed by atoms with Gasteiger partial charge in [-0.1, -0.05) is 34.6 Å². The molecule has 0 aliphatic carbocycles. The van der Waals surface area contributed by atoms with E-state index < -0.39 is 0 Å². The summed E-state index contributed by atoms with van der Waals surface area (Å²) in [6, 6.07) is 2.39. The van der Waals surface area contributed by atoms with Gasteiger partial charge in [0.15, 0.2) is 0 Å². The molecule has 0 aromatic carbocycles. The summed E-state index contributed by atoms with van der Waals surface area (Å²) in [5, 5.41) is 0. The first kappa shape index (κ1) is 12.4. The molecule has 2 bridgehead atoms. The number of piperazine rings is 3. The maximum Gasteiger partial charge on any atom is 0.0253 e. The van der Waals surface area contributed by atoms with Gasteiger partial charge in [0, 0.05) is 37.8 Å². The first-order chi connectivity index (χ1) is 7.54. The van der Waals surface area contributed by atoms with Crippen molar-refractivity contribution in [2.45, 2.75) is 59.2 Å². The van der Waals surface area contributed by atoms with Crippen molar-refractivity contribution in [1.82, 2.24) is 9.80 Å². The van der Waals surface area contributed by atoms with Crippen LogP contribution < -0.4 is 0 Å². The van der Waals surface area contributed by atoms with Crippen LogP contribution in [0.2, 0.25) is 0 Å². The molecule has 3 saturated heterocycles. The van der Waals surface area contributed by atoms with E-state index in [9.17, 15) is 0 Å². The molecule has 3 aliphatic heterocycles. The predicted octanol–water partition coefficient (Wildman–Crippen LogP) is 2.45. The van der Waals surface area contributed by atoms with Crippen LogP contribution in [-0.2, 0) is 0 Å². The van der Waals surface area contributed by atoms with E-state index in [1.807, 2.05) is 0 Å². The van der Waals surface area contributed by atoms with Gasteiger partial charge in [0.1, 0.15) is 0 Å². The molecule has 0 amide bonds. The molecule has 3 unspecified atom stereocenters. The van der Waals surface area contributed by atoms with Crippen LogP contribution in [-0.4, -0.2) is 47.6 Å². The molecule has 3 aliphatic rings. The highest BCUT2D eigenvalue weighted by atomic mass is 15.4. The highest BCUT2D eigenvalue weighted by Gasteiger charge is 2.45. The van der Waals surface area contributed by atoms with Gasteiger partial charge in [-0.3, -0.25) is 9.80 Å². The molecule has 3 heterocycles. The van der Waals surface area contributed by atoms with E-state index in [1.54, 1.807) is 0 Å². The molecule has 2 nitrogen and oxygen atoms in total. The standard InChI is InChI=1S/C14H28N2/c1-6-12-7-15-8-13(10(2)3)16(12)14(9-15)11(4)5/h10-14H,6-9H2,1-5H3. The van der Waals surface area contributed by atoms with Crippen molar-refractivity contribution >= 4 is 0 Å². The monoisotopic (exact) mass is 224 g/mol. The topological polar surface area (TPSA) is 6.48 Å². The van der Waals surface area contributed by atoms with E-state index in [0.717, 1.165) is 30.0 Å². The molecular weight excluding hydrogens is 196 g/mol. The van der Waals surface area contributed by atoms with Gasteiger partial charge >= 0.3 is 0 Å². The molecule has 0 spiro atoms. The maximum atomic E-state index is 2.87. The largest absolute Gasteiger partial charge is 0.299 e. The van der Waals surface area contributed by atoms with Crippen LogP contribution in [0.3, 0.4) is 0 Å². The molecule has 2 heteroatoms. The minimum absolute atomic E-state index is 0.790. The second-order valence-corrected chi connectivity index (χ2v) is 6.35. The van der Waals surface area contributed by atoms with Gasteiger partial charge in [-0.25, -0.2) is 0 Å². The quantitative estimate of drug-likeness (QED) is 0.726. The van der Waals surface area contributed by atoms with Crippen molar-refractivity contribution in [2.24, 2.45) is 11.8 Å². The molecule has 94 valence electrons. The van der Waals surface area contributed by atoms with E-state index in [1.165, 1.54) is 26.1 Å². The van der Waals surface area contributed by atoms with E-state index in [0.29, 0.717) is 0 Å². The number of hydrogen-bond donors (Lipinski definition) is 0. The van der Waals surface area contributed by atoms with Crippen molar-refractivity contribution in [3.05, 3.63) is 0 Å². The van der Waals surface area contributed by atoms with Crippen LogP contribution in [0.25, 0.3) is 0 Å². The molecule has 0 radical (unpaired) electrons. The third-order valence-electron chi connectivity index (χ3n) is 4.56. The number of nitrogens with zero attached hydrogens (tertiary/aromatic N) is 2. The summed E-state index contributed by atoms with van der Waals surface area (Å²) in [5.41, 5.74) is 0. The normalized spacial score (nSPS) is 43.3. The van der Waals surface area contributed by atoms with Crippen LogP contribution in [0.15, 0.2) is 0 Å². The summed E-state index contributed by atoms with van der Waals surface area (Å²) in [6.07, 6.45) is 1.31. The summed E-state index contributed by atoms with van der Waals surface area (Å²) in [5.74, 6) is 1.58. The van der Waals surface area contributed by atoms with Gasteiger partial charge in [-0.15, -0.1) is 0 Å². The fourth-order valence-corrected chi connectivity index (χ4v) is 3.57. The van der Waals surface area contributed by atoms with Crippen molar-refractivity contribution in [1.29, 1.82) is 0 Å². The smallest absolute Gasteiger partial charge is 0.0253 e. The summed E-state index contributed by atoms with van der Waals surface area (Å²) >= 11 is 0. The van der Waals surface area contributed by atoms with Crippen molar-refractivity contribution in [3.8, 4) is 0 Å². The van der Waals surface area contributed by atoms with Crippen molar-refractivity contribution in [2.75, 3.05) is 19.6 Å². The summed E-state index contributed by atoms with van der Waals surface area (Å²) in [4.78, 5) is 5.58. The fraction of sp³-hybridized carbons (Fsp3) is 1.00. The average Bonchev–Trinajstić information content (AvgIpc) is 2.28. The van der Waals surface area contributed by atoms with Crippen molar-refractivity contribution < 1.29 is 0 Å². The Morgan fingerprint density at radius 3 is 1.81 bits per heavy atom. The SMILES string of the molecule is CCC1CN2CC(C(C)C)N1C(C(C)C)C2. The van der Waals surface area contributed by atoms with Crippen LogP contribution in [0.4, 0.5) is 0 Å². The van der Waals surface area contributed by atoms with Crippen LogP contribution >= 0.6 is 0 Å². The third-order valence-corrected chi connectivity index (χ3v) is 4.56. The molecule has 0 saturated carbocycles. The van der Waals surface area contributed by atoms with Gasteiger partial charge in [-0.2, -0.15) is 0 Å². The number of rotatable bonds is 3. The Hall–Kier alpha value is -0.0800. The number of fused-ring (bicyclic) bond motifs is 3. The highest BCUT2D eigenvalue weighted by molar-refractivity contribution is 5.00. The van der Waals surface area contributed by atoms with Gasteiger partial charge in [0.05, 0.1) is 0 Å². The second-order valence-electron chi connectivity index (χ2n) is 6.35. The molecule has 0 N–H and O–H groups in total. The summed E-state index contributed by atoms with van der Waals surface area (Å²) < 4.78 is 0. The summed E-state index contributed by atoms with van der Waals surface area (Å²) in [6.45, 7) is 15.8. The minimum atomic E-state index is 0.790. The molecule has 3 fully saturated rings. The Morgan fingerprint density at radius 2 is 1.44 bits per heavy atom. The Kier molecular flexibility index (Phi) is 3.60. The number of hydrogen-bond acceptors (Lipinski definition) is 2. The molecule has 3 rings (SSSR count). The molecule has 0 aromatic heterocycles. The Balaban J connectivity index is 2.21. The molecular formula is C14H28N2. The van der Waals surface area contributed by atoms with Crippen LogP contribution in [0, 0.1) is 11.8 Å². The van der Waals surface area contributed by atoms with E-state index in [2.05, 4.69) is 44.4 Å². The zero-order valence-corrected chi connectivity index (χ0v) is 11.6. The van der Waals surface area contributed by atoms with Crippen molar-refractivity contribution in [3.63, 3.8) is 0 Å². The lowest BCUT2D eigenvalue weighted by Crippen LogP contribution is -2.71. The first-order valence-electron chi connectivity index (χ1n) is 7.04. The second kappa shape index (κ2) is 4.66. The minimum Gasteiger partial charge on any atom is -0.299 e. The lowest BCUT2D eigenvalue weighted by Gasteiger charge is -2.59. The zero-order valence-electron chi connectivity index (χ0n) is 11.6. The van der Waals surface area contributed by atoms with E-state index in [4.69, 9.17) is 0 Å². The summed E-state index contributed by atoms with van der Waals surface area (Å²) in [7, 11) is 0. The van der Waals surface area contributed by atoms with Crippen LogP contribution in [0.5, 0.6) is 0 Å². The highest BCUT2D eigenvalue weighted by Crippen LogP contribution is 2.33. The Bertz CT molecular complexity index is 219. The van der Waals surface area contributed by atoms with Gasteiger partial charge in [0.2, 0.25) is 0 Å². The zero-order chi connectivity index (χ0) is 11.9. The van der Waals surface area contributed by atoms with Gasteiger partial charge in [-0.05, 0) is 18.3 Å². The van der Waals surface area contributed by atoms with E-state index in [-0.39, 0.29) is 0 Å². The lowest BCUT2D eigenvalue weighted by atomic mass is 9.85. The Morgan fingerprint density at radius 1 is 0.938 bits per heavy atom. The van der Waals surface area contributed by atoms with Gasteiger partial charge in [0.25, 0.3) is 0 Å². The average molecular weight is 224 g/mol. The molecule has 3 atom stereocenters. The Labute approximate surface area is 101 Å². The van der Waals surface area contributed by atoms with Gasteiger partial charge < -0.3 is 0 Å². The lowest BCUT2D eigenvalue weighted by molar-refractivity contribution is -0.102. The molecule has 0 aromatic rings. The fourth-order valence-electron chi connectivity index (χ4n) is 3.57. The molecule has 16 heavy (non-hydrogen) atoms. The maximum absolute atomic E-state index is 2.87. The van der Waals surface area contributed by atoms with E-state index >= 15 is 0 Å². The van der Waals surface area contributed by atoms with Crippen LogP contribution in [0.1, 0.15) is 41.0 Å². The first-order valence-corrected chi connectivity index (χ1v) is 7.04.